The van der Waals surface area contributed by atoms with Crippen LogP contribution in [0.2, 0.25) is 0 Å². The molecule has 0 aliphatic heterocycles. The smallest absolute Gasteiger partial charge is 0.255 e. The van der Waals surface area contributed by atoms with E-state index >= 15 is 0 Å². The third-order valence-corrected chi connectivity index (χ3v) is 3.82. The quantitative estimate of drug-likeness (QED) is 0.782. The molecule has 5 nitrogen and oxygen atoms in total. The average Bonchev–Trinajstić information content (AvgIpc) is 2.44. The number of nitrogens with one attached hydrogen (secondary N) is 1. The second-order valence-electron chi connectivity index (χ2n) is 5.39. The van der Waals surface area contributed by atoms with Crippen LogP contribution in [0.1, 0.15) is 36.0 Å². The van der Waals surface area contributed by atoms with Gasteiger partial charge < -0.3 is 20.9 Å². The lowest BCUT2D eigenvalue weighted by molar-refractivity contribution is 0.0939. The van der Waals surface area contributed by atoms with Crippen LogP contribution in [0.3, 0.4) is 0 Å². The van der Waals surface area contributed by atoms with E-state index in [1.807, 2.05) is 0 Å². The molecule has 5 heteroatoms. The van der Waals surface area contributed by atoms with Crippen molar-refractivity contribution in [1.29, 1.82) is 0 Å². The molecule has 1 fully saturated rings. The van der Waals surface area contributed by atoms with Crippen molar-refractivity contribution >= 4 is 5.91 Å². The van der Waals surface area contributed by atoms with E-state index in [-0.39, 0.29) is 23.3 Å². The molecule has 1 aromatic carbocycles. The molecule has 110 valence electrons. The third kappa shape index (κ3) is 3.63. The van der Waals surface area contributed by atoms with Crippen molar-refractivity contribution in [1.82, 2.24) is 5.32 Å². The van der Waals surface area contributed by atoms with Crippen LogP contribution < -0.4 is 15.8 Å². The molecule has 1 amide bonds. The topological polar surface area (TPSA) is 84.6 Å². The molecule has 0 spiro atoms. The molecule has 1 aliphatic carbocycles. The number of ether oxygens (including phenoxy) is 1. The Morgan fingerprint density at radius 1 is 1.50 bits per heavy atom. The Hall–Kier alpha value is -1.75. The first-order chi connectivity index (χ1) is 9.60. The summed E-state index contributed by atoms with van der Waals surface area (Å²) < 4.78 is 4.99. The molecule has 0 aromatic heterocycles. The second-order valence-corrected chi connectivity index (χ2v) is 5.39. The van der Waals surface area contributed by atoms with E-state index < -0.39 is 0 Å². The Bertz CT molecular complexity index is 476. The van der Waals surface area contributed by atoms with Gasteiger partial charge >= 0.3 is 0 Å². The highest BCUT2D eigenvalue weighted by Crippen LogP contribution is 2.24. The first-order valence-corrected chi connectivity index (χ1v) is 7.01. The number of amides is 1. The number of nitrogens with two attached hydrogens (primary N) is 1. The lowest BCUT2D eigenvalue weighted by Crippen LogP contribution is -2.35. The van der Waals surface area contributed by atoms with Crippen molar-refractivity contribution in [3.05, 3.63) is 23.8 Å². The van der Waals surface area contributed by atoms with E-state index in [0.29, 0.717) is 18.2 Å². The van der Waals surface area contributed by atoms with Gasteiger partial charge in [0.25, 0.3) is 5.91 Å². The molecule has 2 unspecified atom stereocenters. The van der Waals surface area contributed by atoms with Gasteiger partial charge in [-0.25, -0.2) is 0 Å². The molecule has 0 bridgehead atoms. The Balaban J connectivity index is 1.91. The van der Waals surface area contributed by atoms with Gasteiger partial charge in [-0.15, -0.1) is 0 Å². The lowest BCUT2D eigenvalue weighted by atomic mass is 9.86. The lowest BCUT2D eigenvalue weighted by Gasteiger charge is -2.26. The van der Waals surface area contributed by atoms with Gasteiger partial charge in [0.15, 0.2) is 0 Å². The summed E-state index contributed by atoms with van der Waals surface area (Å²) in [5.41, 5.74) is 6.20. The van der Waals surface area contributed by atoms with Crippen molar-refractivity contribution in [2.45, 2.75) is 31.7 Å². The highest BCUT2D eigenvalue weighted by molar-refractivity contribution is 5.97. The Kier molecular flexibility index (Phi) is 4.84. The molecule has 4 N–H and O–H groups in total. The van der Waals surface area contributed by atoms with Gasteiger partial charge in [-0.1, -0.05) is 6.42 Å². The van der Waals surface area contributed by atoms with Crippen LogP contribution in [0.5, 0.6) is 11.5 Å². The van der Waals surface area contributed by atoms with E-state index in [1.165, 1.54) is 13.2 Å². The number of phenolic OH excluding ortho intramolecular Hbond substituents is 1. The summed E-state index contributed by atoms with van der Waals surface area (Å²) in [6, 6.07) is 4.91. The van der Waals surface area contributed by atoms with Crippen LogP contribution in [0.25, 0.3) is 0 Å². The van der Waals surface area contributed by atoms with Crippen LogP contribution in [0, 0.1) is 5.92 Å². The fourth-order valence-corrected chi connectivity index (χ4v) is 2.68. The van der Waals surface area contributed by atoms with E-state index in [2.05, 4.69) is 5.32 Å². The molecule has 2 atom stereocenters. The molecule has 0 saturated heterocycles. The number of carbonyl (C=O) groups excluding carboxylic acids is 1. The largest absolute Gasteiger partial charge is 0.507 e. The van der Waals surface area contributed by atoms with Gasteiger partial charge in [0.05, 0.1) is 12.7 Å². The van der Waals surface area contributed by atoms with Crippen LogP contribution in [-0.2, 0) is 0 Å². The maximum Gasteiger partial charge on any atom is 0.255 e. The summed E-state index contributed by atoms with van der Waals surface area (Å²) in [7, 11) is 1.51. The SMILES string of the molecule is COc1ccc(C(=O)NCC2CCCC(N)C2)c(O)c1. The summed E-state index contributed by atoms with van der Waals surface area (Å²) in [6.07, 6.45) is 4.25. The zero-order chi connectivity index (χ0) is 14.5. The molecular weight excluding hydrogens is 256 g/mol. The highest BCUT2D eigenvalue weighted by atomic mass is 16.5. The molecule has 1 saturated carbocycles. The minimum atomic E-state index is -0.260. The fourth-order valence-electron chi connectivity index (χ4n) is 2.68. The average molecular weight is 278 g/mol. The number of rotatable bonds is 4. The predicted molar refractivity (Wildman–Crippen MR) is 76.9 cm³/mol. The van der Waals surface area contributed by atoms with E-state index in [4.69, 9.17) is 10.5 Å². The molecular formula is C15H22N2O3. The van der Waals surface area contributed by atoms with E-state index in [1.54, 1.807) is 12.1 Å². The maximum atomic E-state index is 12.0. The number of aromatic hydroxyl groups is 1. The highest BCUT2D eigenvalue weighted by Gasteiger charge is 2.20. The van der Waals surface area contributed by atoms with Crippen molar-refractivity contribution < 1.29 is 14.6 Å². The van der Waals surface area contributed by atoms with Gasteiger partial charge in [0.2, 0.25) is 0 Å². The van der Waals surface area contributed by atoms with Gasteiger partial charge in [-0.2, -0.15) is 0 Å². The van der Waals surface area contributed by atoms with Crippen molar-refractivity contribution in [2.24, 2.45) is 11.7 Å². The number of methoxy groups -OCH3 is 1. The van der Waals surface area contributed by atoms with Crippen LogP contribution in [0.4, 0.5) is 0 Å². The van der Waals surface area contributed by atoms with Crippen LogP contribution in [0.15, 0.2) is 18.2 Å². The van der Waals surface area contributed by atoms with E-state index in [9.17, 15) is 9.90 Å². The normalized spacial score (nSPS) is 22.3. The minimum Gasteiger partial charge on any atom is -0.507 e. The van der Waals surface area contributed by atoms with Gasteiger partial charge in [0.1, 0.15) is 11.5 Å². The monoisotopic (exact) mass is 278 g/mol. The summed E-state index contributed by atoms with van der Waals surface area (Å²) >= 11 is 0. The summed E-state index contributed by atoms with van der Waals surface area (Å²) in [6.45, 7) is 0.609. The Labute approximate surface area is 119 Å². The predicted octanol–water partition coefficient (Wildman–Crippen LogP) is 1.65. The van der Waals surface area contributed by atoms with Crippen LogP contribution >= 0.6 is 0 Å². The summed E-state index contributed by atoms with van der Waals surface area (Å²) in [4.78, 5) is 12.0. The first-order valence-electron chi connectivity index (χ1n) is 7.01. The van der Waals surface area contributed by atoms with Gasteiger partial charge in [0, 0.05) is 18.7 Å². The van der Waals surface area contributed by atoms with Crippen LogP contribution in [-0.4, -0.2) is 30.7 Å². The Morgan fingerprint density at radius 2 is 2.30 bits per heavy atom. The standard InChI is InChI=1S/C15H22N2O3/c1-20-12-5-6-13(14(18)8-12)15(19)17-9-10-3-2-4-11(16)7-10/h5-6,8,10-11,18H,2-4,7,9,16H2,1H3,(H,17,19). The van der Waals surface area contributed by atoms with Crippen molar-refractivity contribution in [3.63, 3.8) is 0 Å². The number of benzene rings is 1. The number of hydrogen-bond donors (Lipinski definition) is 3. The molecule has 20 heavy (non-hydrogen) atoms. The second kappa shape index (κ2) is 6.61. The number of carbonyl (C=O) groups is 1. The summed E-state index contributed by atoms with van der Waals surface area (Å²) in [5.74, 6) is 0.631. The van der Waals surface area contributed by atoms with E-state index in [0.717, 1.165) is 25.7 Å². The molecule has 1 aliphatic rings. The zero-order valence-corrected chi connectivity index (χ0v) is 11.8. The maximum absolute atomic E-state index is 12.0. The van der Waals surface area contributed by atoms with Crippen molar-refractivity contribution in [2.75, 3.05) is 13.7 Å². The third-order valence-electron chi connectivity index (χ3n) is 3.82. The first kappa shape index (κ1) is 14.7. The number of hydrogen-bond acceptors (Lipinski definition) is 4. The number of phenols is 1. The molecule has 1 aromatic rings. The van der Waals surface area contributed by atoms with Gasteiger partial charge in [-0.05, 0) is 37.3 Å². The zero-order valence-electron chi connectivity index (χ0n) is 11.8. The molecule has 0 heterocycles. The Morgan fingerprint density at radius 3 is 2.95 bits per heavy atom. The van der Waals surface area contributed by atoms with Gasteiger partial charge in [-0.3, -0.25) is 4.79 Å². The summed E-state index contributed by atoms with van der Waals surface area (Å²) in [5, 5.41) is 12.7. The molecule has 0 radical (unpaired) electrons. The molecule has 2 rings (SSSR count). The fraction of sp³-hybridized carbons (Fsp3) is 0.533. The van der Waals surface area contributed by atoms with Crippen molar-refractivity contribution in [3.8, 4) is 11.5 Å². The minimum absolute atomic E-state index is 0.0674.